The van der Waals surface area contributed by atoms with Gasteiger partial charge in [0.25, 0.3) is 0 Å². The van der Waals surface area contributed by atoms with Gasteiger partial charge in [0.05, 0.1) is 0 Å². The van der Waals surface area contributed by atoms with E-state index in [2.05, 4.69) is 47.8 Å². The van der Waals surface area contributed by atoms with Gasteiger partial charge in [-0.15, -0.1) is 0 Å². The molecule has 0 atom stereocenters. The lowest BCUT2D eigenvalue weighted by Crippen LogP contribution is -2.32. The number of ether oxygens (including phenoxy) is 1. The maximum Gasteiger partial charge on any atom is 0.404 e. The van der Waals surface area contributed by atoms with Crippen LogP contribution in [0.15, 0.2) is 42.5 Å². The van der Waals surface area contributed by atoms with Crippen molar-refractivity contribution in [2.24, 2.45) is 5.73 Å². The molecule has 0 spiro atoms. The normalized spacial score (nSPS) is 21.9. The predicted octanol–water partition coefficient (Wildman–Crippen LogP) is 3.66. The molecule has 1 aliphatic rings. The Hall–Kier alpha value is -2.23. The first-order valence-corrected chi connectivity index (χ1v) is 7.43. The van der Waals surface area contributed by atoms with Gasteiger partial charge in [0, 0.05) is 17.1 Å². The highest BCUT2D eigenvalue weighted by atomic mass is 16.6. The minimum atomic E-state index is -0.666. The van der Waals surface area contributed by atoms with Gasteiger partial charge in [-0.1, -0.05) is 36.4 Å². The molecule has 1 aliphatic carbocycles. The summed E-state index contributed by atoms with van der Waals surface area (Å²) >= 11 is 0. The molecule has 3 rings (SSSR count). The van der Waals surface area contributed by atoms with Gasteiger partial charge in [0.1, 0.15) is 6.10 Å². The Labute approximate surface area is 124 Å². The van der Waals surface area contributed by atoms with E-state index >= 15 is 0 Å². The number of fused-ring (bicyclic) bond motifs is 1. The number of benzene rings is 2. The van der Waals surface area contributed by atoms with Gasteiger partial charge >= 0.3 is 6.09 Å². The van der Waals surface area contributed by atoms with Crippen LogP contribution in [0.5, 0.6) is 0 Å². The molecule has 1 saturated carbocycles. The smallest absolute Gasteiger partial charge is 0.404 e. The minimum Gasteiger partial charge on any atom is -0.446 e. The topological polar surface area (TPSA) is 64.4 Å². The molecule has 4 nitrogen and oxygen atoms in total. The van der Waals surface area contributed by atoms with Crippen molar-refractivity contribution in [3.8, 4) is 0 Å². The summed E-state index contributed by atoms with van der Waals surface area (Å²) in [5.41, 5.74) is 6.24. The molecule has 0 heterocycles. The Bertz CT molecular complexity index is 628. The molecule has 0 bridgehead atoms. The number of amides is 1. The number of hydrogen-bond donors (Lipinski definition) is 2. The number of rotatable bonds is 3. The van der Waals surface area contributed by atoms with Crippen LogP contribution >= 0.6 is 0 Å². The summed E-state index contributed by atoms with van der Waals surface area (Å²) in [6, 6.07) is 15.1. The zero-order valence-corrected chi connectivity index (χ0v) is 11.9. The fourth-order valence-electron chi connectivity index (χ4n) is 3.06. The number of hydrogen-bond acceptors (Lipinski definition) is 3. The van der Waals surface area contributed by atoms with Crippen LogP contribution in [-0.2, 0) is 4.74 Å². The zero-order valence-electron chi connectivity index (χ0n) is 11.9. The lowest BCUT2D eigenvalue weighted by molar-refractivity contribution is 0.0806. The maximum atomic E-state index is 10.8. The fourth-order valence-corrected chi connectivity index (χ4v) is 3.06. The largest absolute Gasteiger partial charge is 0.446 e. The molecule has 110 valence electrons. The van der Waals surface area contributed by atoms with Crippen LogP contribution in [0.25, 0.3) is 10.8 Å². The standard InChI is InChI=1S/C17H20N2O2/c18-17(20)21-14-10-8-13(9-11-14)19-16-7-3-5-12-4-1-2-6-15(12)16/h1-7,13-14,19H,8-11H2,(H2,18,20). The number of anilines is 1. The highest BCUT2D eigenvalue weighted by molar-refractivity contribution is 5.93. The van der Waals surface area contributed by atoms with E-state index in [0.29, 0.717) is 6.04 Å². The summed E-state index contributed by atoms with van der Waals surface area (Å²) in [5, 5.41) is 6.12. The van der Waals surface area contributed by atoms with Crippen molar-refractivity contribution in [2.75, 3.05) is 5.32 Å². The van der Waals surface area contributed by atoms with E-state index in [-0.39, 0.29) is 6.10 Å². The molecule has 0 unspecified atom stereocenters. The van der Waals surface area contributed by atoms with Gasteiger partial charge in [-0.05, 0) is 37.1 Å². The second-order valence-corrected chi connectivity index (χ2v) is 5.58. The van der Waals surface area contributed by atoms with Crippen LogP contribution in [0, 0.1) is 0 Å². The summed E-state index contributed by atoms with van der Waals surface area (Å²) in [6.45, 7) is 0. The number of carbonyl (C=O) groups excluding carboxylic acids is 1. The van der Waals surface area contributed by atoms with Crippen LogP contribution in [-0.4, -0.2) is 18.2 Å². The van der Waals surface area contributed by atoms with Gasteiger partial charge in [-0.25, -0.2) is 4.79 Å². The van der Waals surface area contributed by atoms with Crippen molar-refractivity contribution in [1.82, 2.24) is 0 Å². The molecule has 0 radical (unpaired) electrons. The number of nitrogens with one attached hydrogen (secondary N) is 1. The molecule has 0 aliphatic heterocycles. The molecular formula is C17H20N2O2. The monoisotopic (exact) mass is 284 g/mol. The zero-order chi connectivity index (χ0) is 14.7. The van der Waals surface area contributed by atoms with Crippen LogP contribution in [0.4, 0.5) is 10.5 Å². The average molecular weight is 284 g/mol. The van der Waals surface area contributed by atoms with Gasteiger partial charge in [-0.2, -0.15) is 0 Å². The molecule has 0 saturated heterocycles. The lowest BCUT2D eigenvalue weighted by atomic mass is 9.92. The first-order valence-electron chi connectivity index (χ1n) is 7.43. The summed E-state index contributed by atoms with van der Waals surface area (Å²) < 4.78 is 5.07. The first kappa shape index (κ1) is 13.7. The van der Waals surface area contributed by atoms with Gasteiger partial charge in [-0.3, -0.25) is 0 Å². The molecular weight excluding hydrogens is 264 g/mol. The van der Waals surface area contributed by atoms with E-state index in [9.17, 15) is 4.79 Å². The Kier molecular flexibility index (Phi) is 3.95. The van der Waals surface area contributed by atoms with Gasteiger partial charge in [0.2, 0.25) is 0 Å². The van der Waals surface area contributed by atoms with E-state index in [1.54, 1.807) is 0 Å². The van der Waals surface area contributed by atoms with E-state index in [1.807, 2.05) is 0 Å². The Morgan fingerprint density at radius 3 is 2.52 bits per heavy atom. The molecule has 3 N–H and O–H groups in total. The third kappa shape index (κ3) is 3.27. The van der Waals surface area contributed by atoms with Crippen LogP contribution in [0.2, 0.25) is 0 Å². The Balaban J connectivity index is 1.66. The SMILES string of the molecule is NC(=O)OC1CCC(Nc2cccc3ccccc23)CC1. The maximum absolute atomic E-state index is 10.8. The second kappa shape index (κ2) is 6.04. The molecule has 21 heavy (non-hydrogen) atoms. The molecule has 2 aromatic carbocycles. The summed E-state index contributed by atoms with van der Waals surface area (Å²) in [5.74, 6) is 0. The molecule has 2 aromatic rings. The van der Waals surface area contributed by atoms with Crippen molar-refractivity contribution in [2.45, 2.75) is 37.8 Å². The third-order valence-electron chi connectivity index (χ3n) is 4.11. The van der Waals surface area contributed by atoms with Gasteiger partial charge < -0.3 is 15.8 Å². The molecule has 1 fully saturated rings. The van der Waals surface area contributed by atoms with E-state index in [1.165, 1.54) is 16.5 Å². The number of nitrogens with two attached hydrogens (primary N) is 1. The van der Waals surface area contributed by atoms with Crippen molar-refractivity contribution in [3.05, 3.63) is 42.5 Å². The van der Waals surface area contributed by atoms with Crippen LogP contribution in [0.3, 0.4) is 0 Å². The van der Waals surface area contributed by atoms with Crippen molar-refractivity contribution in [3.63, 3.8) is 0 Å². The third-order valence-corrected chi connectivity index (χ3v) is 4.11. The molecule has 4 heteroatoms. The summed E-state index contributed by atoms with van der Waals surface area (Å²) in [7, 11) is 0. The molecule has 1 amide bonds. The Morgan fingerprint density at radius 1 is 1.05 bits per heavy atom. The average Bonchev–Trinajstić information content (AvgIpc) is 2.49. The van der Waals surface area contributed by atoms with E-state index < -0.39 is 6.09 Å². The highest BCUT2D eigenvalue weighted by Crippen LogP contribution is 2.28. The van der Waals surface area contributed by atoms with Crippen LogP contribution < -0.4 is 11.1 Å². The van der Waals surface area contributed by atoms with E-state index in [0.717, 1.165) is 25.7 Å². The number of primary amides is 1. The second-order valence-electron chi connectivity index (χ2n) is 5.58. The van der Waals surface area contributed by atoms with Crippen molar-refractivity contribution < 1.29 is 9.53 Å². The van der Waals surface area contributed by atoms with Crippen molar-refractivity contribution in [1.29, 1.82) is 0 Å². The first-order chi connectivity index (χ1) is 10.2. The lowest BCUT2D eigenvalue weighted by Gasteiger charge is -2.29. The molecule has 0 aromatic heterocycles. The fraction of sp³-hybridized carbons (Fsp3) is 0.353. The van der Waals surface area contributed by atoms with Crippen LogP contribution in [0.1, 0.15) is 25.7 Å². The quantitative estimate of drug-likeness (QED) is 0.904. The van der Waals surface area contributed by atoms with Crippen molar-refractivity contribution >= 4 is 22.6 Å². The predicted molar refractivity (Wildman–Crippen MR) is 84.3 cm³/mol. The minimum absolute atomic E-state index is 0.0203. The Morgan fingerprint density at radius 2 is 1.76 bits per heavy atom. The van der Waals surface area contributed by atoms with Gasteiger partial charge in [0.15, 0.2) is 0 Å². The highest BCUT2D eigenvalue weighted by Gasteiger charge is 2.23. The summed E-state index contributed by atoms with van der Waals surface area (Å²) in [6.07, 6.45) is 3.02. The van der Waals surface area contributed by atoms with E-state index in [4.69, 9.17) is 10.5 Å². The summed E-state index contributed by atoms with van der Waals surface area (Å²) in [4.78, 5) is 10.8. The number of carbonyl (C=O) groups is 1.